The van der Waals surface area contributed by atoms with Crippen molar-refractivity contribution in [1.29, 1.82) is 0 Å². The Kier molecular flexibility index (Phi) is 3.58. The van der Waals surface area contributed by atoms with Gasteiger partial charge in [-0.2, -0.15) is 0 Å². The minimum absolute atomic E-state index is 0.0495. The highest BCUT2D eigenvalue weighted by Crippen LogP contribution is 2.14. The molecule has 4 nitrogen and oxygen atoms in total. The smallest absolute Gasteiger partial charge is 0.324 e. The molecule has 2 aromatic rings. The Morgan fingerprint density at radius 2 is 2.47 bits per heavy atom. The quantitative estimate of drug-likeness (QED) is 0.838. The SMILES string of the molecule is CC(Cc1cccs1)N(C)C(=O)n1ccnc1. The lowest BCUT2D eigenvalue weighted by Gasteiger charge is -2.24. The van der Waals surface area contributed by atoms with Crippen LogP contribution in [0.4, 0.5) is 4.79 Å². The minimum Gasteiger partial charge on any atom is -0.324 e. The van der Waals surface area contributed by atoms with E-state index in [1.807, 2.05) is 13.1 Å². The number of amides is 1. The van der Waals surface area contributed by atoms with Gasteiger partial charge in [-0.3, -0.25) is 4.57 Å². The van der Waals surface area contributed by atoms with Gasteiger partial charge in [0.05, 0.1) is 0 Å². The zero-order valence-corrected chi connectivity index (χ0v) is 10.7. The number of aromatic nitrogens is 2. The average Bonchev–Trinajstić information content (AvgIpc) is 2.99. The van der Waals surface area contributed by atoms with Crippen molar-refractivity contribution in [3.63, 3.8) is 0 Å². The molecule has 5 heteroatoms. The predicted molar refractivity (Wildman–Crippen MR) is 68.3 cm³/mol. The Balaban J connectivity index is 2.00. The third-order valence-corrected chi connectivity index (χ3v) is 3.66. The Hall–Kier alpha value is -1.62. The highest BCUT2D eigenvalue weighted by molar-refractivity contribution is 7.09. The fourth-order valence-electron chi connectivity index (χ4n) is 1.60. The molecule has 0 saturated carbocycles. The number of carbonyl (C=O) groups is 1. The molecule has 0 N–H and O–H groups in total. The van der Waals surface area contributed by atoms with Gasteiger partial charge in [-0.05, 0) is 18.4 Å². The first kappa shape index (κ1) is 11.9. The Labute approximate surface area is 105 Å². The van der Waals surface area contributed by atoms with Crippen molar-refractivity contribution in [3.05, 3.63) is 41.1 Å². The molecule has 2 heterocycles. The Bertz CT molecular complexity index is 464. The summed E-state index contributed by atoms with van der Waals surface area (Å²) in [5.74, 6) is 0. The minimum atomic E-state index is -0.0495. The first-order valence-corrected chi connectivity index (χ1v) is 6.34. The zero-order valence-electron chi connectivity index (χ0n) is 9.91. The van der Waals surface area contributed by atoms with Gasteiger partial charge < -0.3 is 4.90 Å². The maximum atomic E-state index is 12.0. The van der Waals surface area contributed by atoms with E-state index in [2.05, 4.69) is 23.4 Å². The van der Waals surface area contributed by atoms with Crippen LogP contribution in [0.25, 0.3) is 0 Å². The number of rotatable bonds is 3. The lowest BCUT2D eigenvalue weighted by Crippen LogP contribution is -2.38. The molecule has 2 aromatic heterocycles. The van der Waals surface area contributed by atoms with Gasteiger partial charge >= 0.3 is 6.03 Å². The monoisotopic (exact) mass is 249 g/mol. The van der Waals surface area contributed by atoms with E-state index in [-0.39, 0.29) is 12.1 Å². The highest BCUT2D eigenvalue weighted by atomic mass is 32.1. The number of likely N-dealkylation sites (N-methyl/N-ethyl adjacent to an activating group) is 1. The van der Waals surface area contributed by atoms with Crippen molar-refractivity contribution < 1.29 is 4.79 Å². The summed E-state index contributed by atoms with van der Waals surface area (Å²) in [4.78, 5) is 18.9. The average molecular weight is 249 g/mol. The molecule has 17 heavy (non-hydrogen) atoms. The normalized spacial score (nSPS) is 12.4. The summed E-state index contributed by atoms with van der Waals surface area (Å²) in [6.45, 7) is 2.05. The van der Waals surface area contributed by atoms with E-state index < -0.39 is 0 Å². The van der Waals surface area contributed by atoms with Crippen LogP contribution in [0.2, 0.25) is 0 Å². The van der Waals surface area contributed by atoms with E-state index in [1.54, 1.807) is 28.6 Å². The van der Waals surface area contributed by atoms with Crippen LogP contribution in [-0.2, 0) is 6.42 Å². The van der Waals surface area contributed by atoms with E-state index in [0.717, 1.165) is 6.42 Å². The van der Waals surface area contributed by atoms with E-state index >= 15 is 0 Å². The standard InChI is InChI=1S/C12H15N3OS/c1-10(8-11-4-3-7-17-11)14(2)12(16)15-6-5-13-9-15/h3-7,9-10H,8H2,1-2H3. The lowest BCUT2D eigenvalue weighted by atomic mass is 10.2. The number of imidazole rings is 1. The lowest BCUT2D eigenvalue weighted by molar-refractivity contribution is 0.195. The second-order valence-corrected chi connectivity index (χ2v) is 5.03. The molecule has 0 aliphatic carbocycles. The first-order chi connectivity index (χ1) is 8.18. The van der Waals surface area contributed by atoms with Crippen LogP contribution < -0.4 is 0 Å². The van der Waals surface area contributed by atoms with Crippen LogP contribution in [0.15, 0.2) is 36.2 Å². The van der Waals surface area contributed by atoms with E-state index in [0.29, 0.717) is 0 Å². The fraction of sp³-hybridized carbons (Fsp3) is 0.333. The third kappa shape index (κ3) is 2.74. The molecular formula is C12H15N3OS. The van der Waals surface area contributed by atoms with E-state index in [4.69, 9.17) is 0 Å². The molecule has 0 bridgehead atoms. The topological polar surface area (TPSA) is 38.1 Å². The van der Waals surface area contributed by atoms with Crippen LogP contribution in [0.5, 0.6) is 0 Å². The van der Waals surface area contributed by atoms with Crippen LogP contribution in [0, 0.1) is 0 Å². The zero-order chi connectivity index (χ0) is 12.3. The summed E-state index contributed by atoms with van der Waals surface area (Å²) in [5, 5.41) is 2.06. The summed E-state index contributed by atoms with van der Waals surface area (Å²) >= 11 is 1.72. The van der Waals surface area contributed by atoms with Crippen molar-refractivity contribution in [2.45, 2.75) is 19.4 Å². The maximum Gasteiger partial charge on any atom is 0.329 e. The molecule has 0 aliphatic rings. The van der Waals surface area contributed by atoms with Gasteiger partial charge in [-0.1, -0.05) is 6.07 Å². The van der Waals surface area contributed by atoms with Crippen molar-refractivity contribution >= 4 is 17.4 Å². The first-order valence-electron chi connectivity index (χ1n) is 5.46. The summed E-state index contributed by atoms with van der Waals surface area (Å²) in [6, 6.07) is 4.25. The maximum absolute atomic E-state index is 12.0. The molecule has 2 rings (SSSR count). The molecule has 0 aromatic carbocycles. The predicted octanol–water partition coefficient (Wildman–Crippen LogP) is 2.48. The van der Waals surface area contributed by atoms with Crippen LogP contribution in [-0.4, -0.2) is 33.6 Å². The van der Waals surface area contributed by atoms with Gasteiger partial charge in [-0.15, -0.1) is 11.3 Å². The van der Waals surface area contributed by atoms with Crippen LogP contribution in [0.1, 0.15) is 11.8 Å². The van der Waals surface area contributed by atoms with E-state index in [1.165, 1.54) is 15.8 Å². The summed E-state index contributed by atoms with van der Waals surface area (Å²) in [5.41, 5.74) is 0. The van der Waals surface area contributed by atoms with Gasteiger partial charge in [0.2, 0.25) is 0 Å². The number of hydrogen-bond acceptors (Lipinski definition) is 3. The largest absolute Gasteiger partial charge is 0.329 e. The van der Waals surface area contributed by atoms with Gasteiger partial charge in [0, 0.05) is 36.8 Å². The van der Waals surface area contributed by atoms with Crippen molar-refractivity contribution in [2.75, 3.05) is 7.05 Å². The fourth-order valence-corrected chi connectivity index (χ4v) is 2.43. The molecule has 0 saturated heterocycles. The second kappa shape index (κ2) is 5.14. The molecule has 0 aliphatic heterocycles. The Morgan fingerprint density at radius 3 is 3.06 bits per heavy atom. The molecule has 1 amide bonds. The van der Waals surface area contributed by atoms with E-state index in [9.17, 15) is 4.79 Å². The molecular weight excluding hydrogens is 234 g/mol. The number of carbonyl (C=O) groups excluding carboxylic acids is 1. The summed E-state index contributed by atoms with van der Waals surface area (Å²) in [7, 11) is 1.82. The second-order valence-electron chi connectivity index (χ2n) is 4.00. The van der Waals surface area contributed by atoms with Gasteiger partial charge in [-0.25, -0.2) is 9.78 Å². The summed E-state index contributed by atoms with van der Waals surface area (Å²) in [6.07, 6.45) is 5.68. The van der Waals surface area contributed by atoms with Gasteiger partial charge in [0.15, 0.2) is 0 Å². The number of nitrogens with zero attached hydrogens (tertiary/aromatic N) is 3. The Morgan fingerprint density at radius 1 is 1.65 bits per heavy atom. The van der Waals surface area contributed by atoms with Gasteiger partial charge in [0.25, 0.3) is 0 Å². The molecule has 0 spiro atoms. The van der Waals surface area contributed by atoms with Gasteiger partial charge in [0.1, 0.15) is 6.33 Å². The molecule has 0 radical (unpaired) electrons. The van der Waals surface area contributed by atoms with Crippen molar-refractivity contribution in [3.8, 4) is 0 Å². The summed E-state index contributed by atoms with van der Waals surface area (Å²) < 4.78 is 1.49. The molecule has 1 atom stereocenters. The van der Waals surface area contributed by atoms with Crippen molar-refractivity contribution in [2.24, 2.45) is 0 Å². The third-order valence-electron chi connectivity index (χ3n) is 2.76. The van der Waals surface area contributed by atoms with Crippen LogP contribution >= 0.6 is 11.3 Å². The molecule has 90 valence electrons. The number of hydrogen-bond donors (Lipinski definition) is 0. The molecule has 1 unspecified atom stereocenters. The number of thiophene rings is 1. The van der Waals surface area contributed by atoms with Crippen molar-refractivity contribution in [1.82, 2.24) is 14.5 Å². The highest BCUT2D eigenvalue weighted by Gasteiger charge is 2.17. The van der Waals surface area contributed by atoms with Crippen LogP contribution in [0.3, 0.4) is 0 Å². The molecule has 0 fully saturated rings.